The van der Waals surface area contributed by atoms with Gasteiger partial charge in [-0.15, -0.1) is 0 Å². The van der Waals surface area contributed by atoms with Crippen LogP contribution in [0.5, 0.6) is 5.75 Å². The van der Waals surface area contributed by atoms with Crippen molar-refractivity contribution in [2.75, 3.05) is 33.4 Å². The van der Waals surface area contributed by atoms with Crippen molar-refractivity contribution in [1.82, 2.24) is 0 Å². The molecule has 0 aliphatic rings. The number of quaternary nitrogens is 1. The van der Waals surface area contributed by atoms with E-state index in [1.165, 1.54) is 0 Å². The minimum atomic E-state index is 0.757. The number of unbranched alkanes of at least 4 members (excludes halogenated alkanes) is 1. The van der Waals surface area contributed by atoms with Crippen molar-refractivity contribution in [2.45, 2.75) is 19.8 Å². The predicted molar refractivity (Wildman–Crippen MR) is 74.5 cm³/mol. The molecule has 0 unspecified atom stereocenters. The maximum absolute atomic E-state index is 5.89. The van der Waals surface area contributed by atoms with Crippen LogP contribution in [0.15, 0.2) is 18.2 Å². The van der Waals surface area contributed by atoms with Gasteiger partial charge in [0.25, 0.3) is 0 Å². The normalized spacial score (nSPS) is 10.6. The molecule has 3 nitrogen and oxygen atoms in total. The molecule has 0 radical (unpaired) electrons. The Morgan fingerprint density at radius 3 is 2.72 bits per heavy atom. The van der Waals surface area contributed by atoms with E-state index in [4.69, 9.17) is 21.1 Å². The molecule has 0 saturated carbocycles. The second kappa shape index (κ2) is 9.20. The molecule has 0 fully saturated rings. The van der Waals surface area contributed by atoms with E-state index in [1.54, 1.807) is 7.11 Å². The molecular weight excluding hydrogens is 250 g/mol. The molecule has 1 aromatic carbocycles. The van der Waals surface area contributed by atoms with Crippen molar-refractivity contribution < 1.29 is 14.8 Å². The first-order valence-corrected chi connectivity index (χ1v) is 6.81. The molecular formula is C14H23ClNO2+. The zero-order valence-corrected chi connectivity index (χ0v) is 12.0. The summed E-state index contributed by atoms with van der Waals surface area (Å²) in [5.74, 6) is 0.933. The number of methoxy groups -OCH3 is 1. The Morgan fingerprint density at radius 1 is 1.17 bits per heavy atom. The monoisotopic (exact) mass is 272 g/mol. The second-order valence-corrected chi connectivity index (χ2v) is 4.76. The molecule has 0 heterocycles. The third-order valence-electron chi connectivity index (χ3n) is 2.72. The van der Waals surface area contributed by atoms with Crippen molar-refractivity contribution in [3.05, 3.63) is 28.8 Å². The molecule has 0 aromatic heterocycles. The molecule has 2 N–H and O–H groups in total. The highest BCUT2D eigenvalue weighted by atomic mass is 35.5. The Kier molecular flexibility index (Phi) is 7.81. The standard InChI is InChI=1S/C14H22ClNO2/c1-12-11-13(15)5-6-14(12)18-9-4-3-7-16-8-10-17-2/h5-6,11,16H,3-4,7-10H2,1-2H3/p+1. The maximum atomic E-state index is 5.89. The number of benzene rings is 1. The molecule has 0 atom stereocenters. The number of hydrogen-bond acceptors (Lipinski definition) is 2. The van der Waals surface area contributed by atoms with Gasteiger partial charge in [0, 0.05) is 12.1 Å². The molecule has 0 amide bonds. The van der Waals surface area contributed by atoms with E-state index >= 15 is 0 Å². The van der Waals surface area contributed by atoms with E-state index in [0.29, 0.717) is 0 Å². The van der Waals surface area contributed by atoms with E-state index in [9.17, 15) is 0 Å². The van der Waals surface area contributed by atoms with Crippen LogP contribution in [-0.2, 0) is 4.74 Å². The number of aryl methyl sites for hydroxylation is 1. The van der Waals surface area contributed by atoms with Crippen molar-refractivity contribution >= 4 is 11.6 Å². The molecule has 1 rings (SSSR count). The van der Waals surface area contributed by atoms with Crippen LogP contribution in [0.1, 0.15) is 18.4 Å². The Labute approximate surface area is 114 Å². The smallest absolute Gasteiger partial charge is 0.122 e. The number of ether oxygens (including phenoxy) is 2. The van der Waals surface area contributed by atoms with Crippen molar-refractivity contribution in [3.63, 3.8) is 0 Å². The fourth-order valence-corrected chi connectivity index (χ4v) is 1.92. The zero-order chi connectivity index (χ0) is 13.2. The summed E-state index contributed by atoms with van der Waals surface area (Å²) in [6.07, 6.45) is 2.24. The number of halogens is 1. The van der Waals surface area contributed by atoms with Crippen LogP contribution in [0.3, 0.4) is 0 Å². The molecule has 0 spiro atoms. The molecule has 4 heteroatoms. The third kappa shape index (κ3) is 6.24. The third-order valence-corrected chi connectivity index (χ3v) is 2.96. The highest BCUT2D eigenvalue weighted by Crippen LogP contribution is 2.21. The van der Waals surface area contributed by atoms with Crippen LogP contribution in [0.2, 0.25) is 5.02 Å². The van der Waals surface area contributed by atoms with Crippen LogP contribution in [0.4, 0.5) is 0 Å². The highest BCUT2D eigenvalue weighted by molar-refractivity contribution is 6.30. The molecule has 1 aromatic rings. The van der Waals surface area contributed by atoms with Crippen molar-refractivity contribution in [1.29, 1.82) is 0 Å². The Bertz CT molecular complexity index is 345. The van der Waals surface area contributed by atoms with E-state index in [0.717, 1.165) is 55.5 Å². The maximum Gasteiger partial charge on any atom is 0.122 e. The minimum Gasteiger partial charge on any atom is -0.493 e. The van der Waals surface area contributed by atoms with Crippen LogP contribution < -0.4 is 10.1 Å². The van der Waals surface area contributed by atoms with E-state index in [1.807, 2.05) is 25.1 Å². The lowest BCUT2D eigenvalue weighted by molar-refractivity contribution is -0.656. The summed E-state index contributed by atoms with van der Waals surface area (Å²) in [4.78, 5) is 0. The number of nitrogens with two attached hydrogens (primary N) is 1. The summed E-state index contributed by atoms with van der Waals surface area (Å²) >= 11 is 5.89. The molecule has 0 bridgehead atoms. The summed E-state index contributed by atoms with van der Waals surface area (Å²) in [6.45, 7) is 5.76. The van der Waals surface area contributed by atoms with Crippen LogP contribution >= 0.6 is 11.6 Å². The van der Waals surface area contributed by atoms with Gasteiger partial charge in [0.2, 0.25) is 0 Å². The van der Waals surface area contributed by atoms with Gasteiger partial charge < -0.3 is 14.8 Å². The summed E-state index contributed by atoms with van der Waals surface area (Å²) in [6, 6.07) is 5.72. The second-order valence-electron chi connectivity index (χ2n) is 4.32. The lowest BCUT2D eigenvalue weighted by Crippen LogP contribution is -2.85. The quantitative estimate of drug-likeness (QED) is 0.698. The summed E-state index contributed by atoms with van der Waals surface area (Å²) in [5, 5.41) is 3.03. The van der Waals surface area contributed by atoms with E-state index in [2.05, 4.69) is 5.32 Å². The Morgan fingerprint density at radius 2 is 2.00 bits per heavy atom. The average Bonchev–Trinajstić information content (AvgIpc) is 2.35. The van der Waals surface area contributed by atoms with Gasteiger partial charge in [-0.25, -0.2) is 0 Å². The van der Waals surface area contributed by atoms with Gasteiger partial charge in [-0.2, -0.15) is 0 Å². The van der Waals surface area contributed by atoms with Crippen molar-refractivity contribution in [3.8, 4) is 5.75 Å². The SMILES string of the molecule is COCC[NH2+]CCCCOc1ccc(Cl)cc1C. The average molecular weight is 273 g/mol. The van der Waals surface area contributed by atoms with E-state index in [-0.39, 0.29) is 0 Å². The van der Waals surface area contributed by atoms with Gasteiger partial charge in [0.15, 0.2) is 0 Å². The van der Waals surface area contributed by atoms with Gasteiger partial charge in [0.1, 0.15) is 5.75 Å². The number of hydrogen-bond donors (Lipinski definition) is 1. The van der Waals surface area contributed by atoms with Crippen LogP contribution in [-0.4, -0.2) is 33.4 Å². The first kappa shape index (κ1) is 15.3. The lowest BCUT2D eigenvalue weighted by Gasteiger charge is -2.09. The van der Waals surface area contributed by atoms with Crippen molar-refractivity contribution in [2.24, 2.45) is 0 Å². The van der Waals surface area contributed by atoms with Gasteiger partial charge in [-0.3, -0.25) is 0 Å². The largest absolute Gasteiger partial charge is 0.493 e. The lowest BCUT2D eigenvalue weighted by atomic mass is 10.2. The minimum absolute atomic E-state index is 0.757. The molecule has 0 aliphatic heterocycles. The first-order chi connectivity index (χ1) is 8.74. The number of rotatable bonds is 9. The predicted octanol–water partition coefficient (Wildman–Crippen LogP) is 2.02. The fourth-order valence-electron chi connectivity index (χ4n) is 1.69. The van der Waals surface area contributed by atoms with E-state index < -0.39 is 0 Å². The Hall–Kier alpha value is -0.770. The Balaban J connectivity index is 2.07. The van der Waals surface area contributed by atoms with Gasteiger partial charge in [0.05, 0.1) is 26.3 Å². The van der Waals surface area contributed by atoms with Gasteiger partial charge in [-0.05, 0) is 43.5 Å². The summed E-state index contributed by atoms with van der Waals surface area (Å²) in [5.41, 5.74) is 1.09. The summed E-state index contributed by atoms with van der Waals surface area (Å²) < 4.78 is 10.7. The van der Waals surface area contributed by atoms with Crippen LogP contribution in [0.25, 0.3) is 0 Å². The molecule has 0 saturated heterocycles. The summed E-state index contributed by atoms with van der Waals surface area (Å²) in [7, 11) is 1.73. The molecule has 102 valence electrons. The fraction of sp³-hybridized carbons (Fsp3) is 0.571. The van der Waals surface area contributed by atoms with Crippen LogP contribution in [0, 0.1) is 6.92 Å². The molecule has 18 heavy (non-hydrogen) atoms. The van der Waals surface area contributed by atoms with Gasteiger partial charge >= 0.3 is 0 Å². The topological polar surface area (TPSA) is 35.1 Å². The van der Waals surface area contributed by atoms with Gasteiger partial charge in [-0.1, -0.05) is 11.6 Å². The first-order valence-electron chi connectivity index (χ1n) is 6.43. The molecule has 0 aliphatic carbocycles. The highest BCUT2D eigenvalue weighted by Gasteiger charge is 2.00. The zero-order valence-electron chi connectivity index (χ0n) is 11.2.